The number of carboxylic acid groups (broad SMARTS) is 1. The van der Waals surface area contributed by atoms with E-state index in [0.29, 0.717) is 0 Å². The summed E-state index contributed by atoms with van der Waals surface area (Å²) in [5, 5.41) is 17.0. The maximum atomic E-state index is 11.3. The average molecular weight is 286 g/mol. The van der Waals surface area contributed by atoms with Gasteiger partial charge in [-0.2, -0.15) is 0 Å². The molecule has 0 aliphatic carbocycles. The lowest BCUT2D eigenvalue weighted by Gasteiger charge is -2.20. The highest BCUT2D eigenvalue weighted by molar-refractivity contribution is 7.48. The fraction of sp³-hybridized carbons (Fsp3) is 0.714. The first-order chi connectivity index (χ1) is 8.10. The number of carbonyl (C=O) groups is 2. The Kier molecular flexibility index (Phi) is 6.39. The van der Waals surface area contributed by atoms with E-state index in [9.17, 15) is 14.2 Å². The van der Waals surface area contributed by atoms with Crippen LogP contribution in [0.15, 0.2) is 0 Å². The van der Waals surface area contributed by atoms with Gasteiger partial charge < -0.3 is 26.2 Å². The van der Waals surface area contributed by atoms with Gasteiger partial charge in [0, 0.05) is 0 Å². The second kappa shape index (κ2) is 6.78. The quantitative estimate of drug-likeness (QED) is 0.321. The normalized spacial score (nSPS) is 19.4. The maximum Gasteiger partial charge on any atom is 0.529 e. The average Bonchev–Trinajstić information content (AvgIpc) is 2.24. The van der Waals surface area contributed by atoms with Crippen LogP contribution in [-0.2, 0) is 23.2 Å². The predicted octanol–water partition coefficient (Wildman–Crippen LogP) is -2.23. The molecule has 0 radical (unpaired) electrons. The maximum absolute atomic E-state index is 11.3. The molecular weight excluding hydrogens is 271 g/mol. The number of carbonyl (C=O) groups excluding carboxylic acids is 1. The molecule has 0 aliphatic rings. The molecule has 0 bridgehead atoms. The van der Waals surface area contributed by atoms with Crippen LogP contribution in [0, 0.1) is 0 Å². The number of carboxylic acids is 1. The molecule has 10 nitrogen and oxygen atoms in total. The van der Waals surface area contributed by atoms with Gasteiger partial charge in [0.05, 0.1) is 12.7 Å². The van der Waals surface area contributed by atoms with Gasteiger partial charge in [0.15, 0.2) is 0 Å². The van der Waals surface area contributed by atoms with Gasteiger partial charge in [0.2, 0.25) is 0 Å². The lowest BCUT2D eigenvalue weighted by molar-refractivity contribution is -0.141. The van der Waals surface area contributed by atoms with Crippen molar-refractivity contribution in [2.75, 3.05) is 6.61 Å². The highest BCUT2D eigenvalue weighted by Crippen LogP contribution is 2.45. The van der Waals surface area contributed by atoms with Crippen LogP contribution in [0.4, 0.5) is 0 Å². The van der Waals surface area contributed by atoms with Gasteiger partial charge in [-0.25, -0.2) is 9.36 Å². The molecule has 0 fully saturated rings. The van der Waals surface area contributed by atoms with E-state index in [4.69, 9.17) is 26.6 Å². The van der Waals surface area contributed by atoms with Crippen LogP contribution in [-0.4, -0.2) is 51.8 Å². The third kappa shape index (κ3) is 5.54. The van der Waals surface area contributed by atoms with Crippen molar-refractivity contribution in [2.45, 2.75) is 25.1 Å². The molecule has 0 saturated heterocycles. The molecule has 0 saturated carbocycles. The number of phosphoric acid groups is 1. The Labute approximate surface area is 102 Å². The smallest absolute Gasteiger partial charge is 0.480 e. The summed E-state index contributed by atoms with van der Waals surface area (Å²) in [4.78, 5) is 30.6. The minimum Gasteiger partial charge on any atom is -0.480 e. The Bertz CT molecular complexity index is 361. The Morgan fingerprint density at radius 1 is 1.39 bits per heavy atom. The summed E-state index contributed by atoms with van der Waals surface area (Å²) in [5.41, 5.74) is 10.2. The second-order valence-electron chi connectivity index (χ2n) is 3.34. The molecule has 0 spiro atoms. The molecule has 11 heteroatoms. The standard InChI is InChI=1S/C7H15N2O8P/c1-3(5(9)6(11)12)16-18(14,15)17-7(13)4(8)2-10/h3-5,10H,2,8-9H2,1H3,(H,11,12)(H,14,15)/t3-,4+,5+/m1/s1. The molecule has 0 heterocycles. The molecule has 0 aromatic rings. The Hall–Kier alpha value is -1.03. The van der Waals surface area contributed by atoms with Crippen molar-refractivity contribution in [3.63, 3.8) is 0 Å². The molecule has 18 heavy (non-hydrogen) atoms. The van der Waals surface area contributed by atoms with Gasteiger partial charge in [0.1, 0.15) is 12.1 Å². The third-order valence-electron chi connectivity index (χ3n) is 1.80. The number of aliphatic hydroxyl groups is 1. The molecule has 1 unspecified atom stereocenters. The fourth-order valence-corrected chi connectivity index (χ4v) is 1.71. The van der Waals surface area contributed by atoms with Crippen LogP contribution >= 0.6 is 7.82 Å². The SMILES string of the molecule is C[C@@H](OP(=O)(O)OC(=O)[C@@H](N)CO)[C@H](N)C(=O)O. The molecule has 4 atom stereocenters. The van der Waals surface area contributed by atoms with E-state index in [1.807, 2.05) is 0 Å². The highest BCUT2D eigenvalue weighted by atomic mass is 31.2. The first-order valence-corrected chi connectivity index (χ1v) is 6.19. The summed E-state index contributed by atoms with van der Waals surface area (Å²) in [6, 6.07) is -3.08. The van der Waals surface area contributed by atoms with Crippen LogP contribution in [0.25, 0.3) is 0 Å². The zero-order chi connectivity index (χ0) is 14.5. The van der Waals surface area contributed by atoms with E-state index in [1.165, 1.54) is 0 Å². The highest BCUT2D eigenvalue weighted by Gasteiger charge is 2.34. The number of rotatable bonds is 7. The van der Waals surface area contributed by atoms with Crippen molar-refractivity contribution < 1.29 is 38.3 Å². The number of phosphoric ester groups is 1. The van der Waals surface area contributed by atoms with Crippen LogP contribution in [0.2, 0.25) is 0 Å². The van der Waals surface area contributed by atoms with Gasteiger partial charge in [-0.05, 0) is 6.92 Å². The van der Waals surface area contributed by atoms with Crippen molar-refractivity contribution >= 4 is 19.8 Å². The number of aliphatic carboxylic acids is 1. The van der Waals surface area contributed by atoms with Gasteiger partial charge in [-0.15, -0.1) is 0 Å². The van der Waals surface area contributed by atoms with Crippen molar-refractivity contribution in [2.24, 2.45) is 11.5 Å². The monoisotopic (exact) mass is 286 g/mol. The van der Waals surface area contributed by atoms with E-state index in [0.717, 1.165) is 6.92 Å². The summed E-state index contributed by atoms with van der Waals surface area (Å²) in [6.07, 6.45) is -1.38. The molecule has 0 aromatic carbocycles. The van der Waals surface area contributed by atoms with Gasteiger partial charge >= 0.3 is 19.8 Å². The first-order valence-electron chi connectivity index (χ1n) is 4.70. The zero-order valence-corrected chi connectivity index (χ0v) is 10.3. The number of hydrogen-bond donors (Lipinski definition) is 5. The zero-order valence-electron chi connectivity index (χ0n) is 9.42. The van der Waals surface area contributed by atoms with Crippen molar-refractivity contribution in [1.29, 1.82) is 0 Å². The summed E-state index contributed by atoms with van der Waals surface area (Å²) in [7, 11) is -4.85. The van der Waals surface area contributed by atoms with Crippen molar-refractivity contribution in [3.8, 4) is 0 Å². The molecular formula is C7H15N2O8P. The first kappa shape index (κ1) is 17.0. The number of nitrogens with two attached hydrogens (primary N) is 2. The van der Waals surface area contributed by atoms with Crippen molar-refractivity contribution in [3.05, 3.63) is 0 Å². The fourth-order valence-electron chi connectivity index (χ4n) is 0.754. The van der Waals surface area contributed by atoms with Crippen molar-refractivity contribution in [1.82, 2.24) is 0 Å². The van der Waals surface area contributed by atoms with E-state index in [-0.39, 0.29) is 0 Å². The summed E-state index contributed by atoms with van der Waals surface area (Å²) in [5.74, 6) is -2.82. The van der Waals surface area contributed by atoms with Crippen LogP contribution in [0.1, 0.15) is 6.92 Å². The Morgan fingerprint density at radius 3 is 2.28 bits per heavy atom. The van der Waals surface area contributed by atoms with Crippen LogP contribution in [0.3, 0.4) is 0 Å². The number of hydrogen-bond acceptors (Lipinski definition) is 8. The molecule has 106 valence electrons. The minimum absolute atomic E-state index is 0.789. The number of aliphatic hydroxyl groups excluding tert-OH is 1. The molecule has 0 amide bonds. The van der Waals surface area contributed by atoms with Crippen LogP contribution in [0.5, 0.6) is 0 Å². The third-order valence-corrected chi connectivity index (χ3v) is 2.80. The predicted molar refractivity (Wildman–Crippen MR) is 57.1 cm³/mol. The largest absolute Gasteiger partial charge is 0.529 e. The van der Waals surface area contributed by atoms with E-state index >= 15 is 0 Å². The van der Waals surface area contributed by atoms with Crippen LogP contribution < -0.4 is 11.5 Å². The van der Waals surface area contributed by atoms with E-state index in [2.05, 4.69) is 9.05 Å². The Balaban J connectivity index is 4.53. The lowest BCUT2D eigenvalue weighted by Crippen LogP contribution is -2.41. The van der Waals surface area contributed by atoms with Gasteiger partial charge in [-0.3, -0.25) is 14.2 Å². The van der Waals surface area contributed by atoms with Gasteiger partial charge in [0.25, 0.3) is 0 Å². The lowest BCUT2D eigenvalue weighted by atomic mass is 10.2. The molecule has 7 N–H and O–H groups in total. The molecule has 0 aliphatic heterocycles. The molecule has 0 aromatic heterocycles. The summed E-state index contributed by atoms with van der Waals surface area (Å²) >= 11 is 0. The minimum atomic E-state index is -4.85. The summed E-state index contributed by atoms with van der Waals surface area (Å²) < 4.78 is 19.6. The Morgan fingerprint density at radius 2 is 1.89 bits per heavy atom. The van der Waals surface area contributed by atoms with E-state index < -0.39 is 44.6 Å². The molecule has 0 rings (SSSR count). The topological polar surface area (TPSA) is 182 Å². The second-order valence-corrected chi connectivity index (χ2v) is 4.67. The van der Waals surface area contributed by atoms with E-state index in [1.54, 1.807) is 0 Å². The summed E-state index contributed by atoms with van der Waals surface area (Å²) in [6.45, 7) is 0.324. The van der Waals surface area contributed by atoms with Gasteiger partial charge in [-0.1, -0.05) is 0 Å².